The van der Waals surface area contributed by atoms with Crippen LogP contribution in [0.2, 0.25) is 0 Å². The van der Waals surface area contributed by atoms with Gasteiger partial charge in [0.15, 0.2) is 0 Å². The van der Waals surface area contributed by atoms with Crippen LogP contribution < -0.4 is 0 Å². The van der Waals surface area contributed by atoms with Crippen molar-refractivity contribution in [2.24, 2.45) is 0 Å². The fraction of sp³-hybridized carbons (Fsp3) is 0.167. The van der Waals surface area contributed by atoms with Crippen molar-refractivity contribution in [2.45, 2.75) is 24.5 Å². The molecule has 9 heteroatoms. The number of carbonyl (C=O) groups excluding carboxylic acids is 4. The highest BCUT2D eigenvalue weighted by atomic mass is 16.6. The van der Waals surface area contributed by atoms with Gasteiger partial charge in [-0.05, 0) is 11.1 Å². The molecule has 2 fully saturated rings. The molecule has 0 N–H and O–H groups in total. The lowest BCUT2D eigenvalue weighted by Crippen LogP contribution is -2.68. The number of carbonyl (C=O) groups is 4. The first kappa shape index (κ1) is 37.4. The summed E-state index contributed by atoms with van der Waals surface area (Å²) in [5.74, 6) is -1.96. The standard InChI is InChI=1S/C48H42N4O5/c53-43-33-49(31-37-19-7-1-8-20-37)34-44(54)51(43)47(39-23-11-3-12-24-39,40-25-13-4-14-26-40)57-48(41-27-15-5-16-28-41,42-29-17-6-18-30-42)52-45(55)35-50(36-46(52)56)32-38-21-9-2-10-22-38/h1-30H,31-36H2. The van der Waals surface area contributed by atoms with Crippen LogP contribution in [0, 0.1) is 0 Å². The van der Waals surface area contributed by atoms with Crippen molar-refractivity contribution >= 4 is 23.6 Å². The maximum Gasteiger partial charge on any atom is 0.246 e. The molecule has 4 amide bonds. The number of amides is 4. The van der Waals surface area contributed by atoms with Crippen LogP contribution in [0.3, 0.4) is 0 Å². The Kier molecular flexibility index (Phi) is 10.7. The summed E-state index contributed by atoms with van der Waals surface area (Å²) in [6.07, 6.45) is 0. The number of hydrogen-bond donors (Lipinski definition) is 0. The average Bonchev–Trinajstić information content (AvgIpc) is 3.24. The van der Waals surface area contributed by atoms with Gasteiger partial charge in [-0.3, -0.25) is 29.0 Å². The molecule has 6 aromatic rings. The summed E-state index contributed by atoms with van der Waals surface area (Å²) in [6.45, 7) is 0.474. The highest BCUT2D eigenvalue weighted by Gasteiger charge is 2.59. The third-order valence-corrected chi connectivity index (χ3v) is 10.5. The number of nitrogens with zero attached hydrogens (tertiary/aromatic N) is 4. The van der Waals surface area contributed by atoms with Crippen molar-refractivity contribution < 1.29 is 23.9 Å². The van der Waals surface area contributed by atoms with Crippen LogP contribution in [-0.2, 0) is 48.5 Å². The molecular weight excluding hydrogens is 713 g/mol. The third-order valence-electron chi connectivity index (χ3n) is 10.5. The summed E-state index contributed by atoms with van der Waals surface area (Å²) in [6, 6.07) is 55.9. The molecule has 8 rings (SSSR count). The first-order valence-electron chi connectivity index (χ1n) is 19.0. The van der Waals surface area contributed by atoms with Crippen molar-refractivity contribution in [3.8, 4) is 0 Å². The summed E-state index contributed by atoms with van der Waals surface area (Å²) < 4.78 is 7.77. The highest BCUT2D eigenvalue weighted by Crippen LogP contribution is 2.49. The minimum atomic E-state index is -1.98. The van der Waals surface area contributed by atoms with Gasteiger partial charge in [-0.15, -0.1) is 0 Å². The lowest BCUT2D eigenvalue weighted by Gasteiger charge is -2.54. The Morgan fingerprint density at radius 3 is 0.825 bits per heavy atom. The van der Waals surface area contributed by atoms with Gasteiger partial charge in [0.05, 0.1) is 26.2 Å². The van der Waals surface area contributed by atoms with Gasteiger partial charge in [-0.25, -0.2) is 9.80 Å². The Bertz CT molecular complexity index is 2050. The molecular formula is C48H42N4O5. The molecule has 0 spiro atoms. The minimum absolute atomic E-state index is 0.0783. The topological polar surface area (TPSA) is 90.5 Å². The van der Waals surface area contributed by atoms with E-state index in [1.54, 1.807) is 0 Å². The number of hydrogen-bond acceptors (Lipinski definition) is 7. The molecule has 2 heterocycles. The maximum atomic E-state index is 14.9. The van der Waals surface area contributed by atoms with Gasteiger partial charge < -0.3 is 4.74 Å². The molecule has 2 aliphatic heterocycles. The SMILES string of the molecule is O=C1CN(Cc2ccccc2)CC(=O)N1C(OC(c1ccccc1)(c1ccccc1)N1C(=O)CN(Cc2ccccc2)CC1=O)(c1ccccc1)c1ccccc1. The van der Waals surface area contributed by atoms with Crippen LogP contribution in [0.5, 0.6) is 0 Å². The van der Waals surface area contributed by atoms with E-state index in [1.165, 1.54) is 9.80 Å². The normalized spacial score (nSPS) is 15.9. The second kappa shape index (κ2) is 16.3. The average molecular weight is 755 g/mol. The van der Waals surface area contributed by atoms with Crippen LogP contribution >= 0.6 is 0 Å². The lowest BCUT2D eigenvalue weighted by molar-refractivity contribution is -0.249. The van der Waals surface area contributed by atoms with Crippen LogP contribution in [0.25, 0.3) is 0 Å². The second-order valence-electron chi connectivity index (χ2n) is 14.4. The van der Waals surface area contributed by atoms with Crippen LogP contribution in [0.1, 0.15) is 33.4 Å². The van der Waals surface area contributed by atoms with Crippen LogP contribution in [0.4, 0.5) is 0 Å². The lowest BCUT2D eigenvalue weighted by atomic mass is 9.86. The van der Waals surface area contributed by atoms with Crippen molar-refractivity contribution in [3.63, 3.8) is 0 Å². The molecule has 2 aliphatic rings. The van der Waals surface area contributed by atoms with Gasteiger partial charge in [-0.2, -0.15) is 0 Å². The zero-order valence-electron chi connectivity index (χ0n) is 31.4. The third kappa shape index (κ3) is 7.32. The van der Waals surface area contributed by atoms with E-state index >= 15 is 0 Å². The Morgan fingerprint density at radius 2 is 0.579 bits per heavy atom. The number of ether oxygens (including phenoxy) is 1. The fourth-order valence-electron chi connectivity index (χ4n) is 8.09. The molecule has 0 bridgehead atoms. The number of rotatable bonds is 12. The Morgan fingerprint density at radius 1 is 0.351 bits per heavy atom. The van der Waals surface area contributed by atoms with E-state index in [0.29, 0.717) is 35.3 Å². The monoisotopic (exact) mass is 754 g/mol. The Hall–Kier alpha value is -6.52. The van der Waals surface area contributed by atoms with Crippen LogP contribution in [0.15, 0.2) is 182 Å². The molecule has 0 aliphatic carbocycles. The van der Waals surface area contributed by atoms with Gasteiger partial charge in [-0.1, -0.05) is 182 Å². The fourth-order valence-corrected chi connectivity index (χ4v) is 8.09. The van der Waals surface area contributed by atoms with Gasteiger partial charge in [0.2, 0.25) is 35.1 Å². The number of benzene rings is 6. The number of imide groups is 2. The first-order chi connectivity index (χ1) is 27.9. The molecule has 0 unspecified atom stereocenters. The number of piperazine rings is 2. The Balaban J connectivity index is 1.33. The predicted molar refractivity (Wildman–Crippen MR) is 216 cm³/mol. The largest absolute Gasteiger partial charge is 0.311 e. The van der Waals surface area contributed by atoms with Gasteiger partial charge >= 0.3 is 0 Å². The van der Waals surface area contributed by atoms with Crippen molar-refractivity contribution in [2.75, 3.05) is 26.2 Å². The summed E-state index contributed by atoms with van der Waals surface area (Å²) >= 11 is 0. The van der Waals surface area contributed by atoms with Gasteiger partial charge in [0, 0.05) is 35.3 Å². The molecule has 0 radical (unpaired) electrons. The zero-order chi connectivity index (χ0) is 39.2. The van der Waals surface area contributed by atoms with Gasteiger partial charge in [0.25, 0.3) is 0 Å². The molecule has 284 valence electrons. The van der Waals surface area contributed by atoms with Crippen molar-refractivity contribution in [3.05, 3.63) is 215 Å². The van der Waals surface area contributed by atoms with E-state index in [4.69, 9.17) is 4.74 Å². The van der Waals surface area contributed by atoms with Crippen molar-refractivity contribution in [1.29, 1.82) is 0 Å². The van der Waals surface area contributed by atoms with E-state index in [-0.39, 0.29) is 26.2 Å². The Labute approximate surface area is 332 Å². The molecule has 2 saturated heterocycles. The summed E-state index contributed by atoms with van der Waals surface area (Å²) in [5.41, 5.74) is -0.166. The highest BCUT2D eigenvalue weighted by molar-refractivity contribution is 6.02. The van der Waals surface area contributed by atoms with E-state index in [2.05, 4.69) is 0 Å². The second-order valence-corrected chi connectivity index (χ2v) is 14.4. The van der Waals surface area contributed by atoms with E-state index < -0.39 is 35.1 Å². The zero-order valence-corrected chi connectivity index (χ0v) is 31.4. The predicted octanol–water partition coefficient (Wildman–Crippen LogP) is 6.55. The van der Waals surface area contributed by atoms with E-state index in [0.717, 1.165) is 11.1 Å². The van der Waals surface area contributed by atoms with Gasteiger partial charge in [0.1, 0.15) is 0 Å². The van der Waals surface area contributed by atoms with E-state index in [1.807, 2.05) is 192 Å². The maximum absolute atomic E-state index is 14.9. The van der Waals surface area contributed by atoms with Crippen LogP contribution in [-0.4, -0.2) is 69.4 Å². The minimum Gasteiger partial charge on any atom is -0.311 e. The molecule has 0 aromatic heterocycles. The quantitative estimate of drug-likeness (QED) is 0.131. The molecule has 6 aromatic carbocycles. The molecule has 57 heavy (non-hydrogen) atoms. The molecule has 0 atom stereocenters. The smallest absolute Gasteiger partial charge is 0.246 e. The summed E-state index contributed by atoms with van der Waals surface area (Å²) in [7, 11) is 0. The van der Waals surface area contributed by atoms with E-state index in [9.17, 15) is 19.2 Å². The molecule has 9 nitrogen and oxygen atoms in total. The summed E-state index contributed by atoms with van der Waals surface area (Å²) in [5, 5.41) is 0. The molecule has 0 saturated carbocycles. The summed E-state index contributed by atoms with van der Waals surface area (Å²) in [4.78, 5) is 65.7. The van der Waals surface area contributed by atoms with Crippen molar-refractivity contribution in [1.82, 2.24) is 19.6 Å². The first-order valence-corrected chi connectivity index (χ1v) is 19.0.